The third kappa shape index (κ3) is 8.86. The molecule has 0 aliphatic heterocycles. The first-order valence-corrected chi connectivity index (χ1v) is 10.9. The van der Waals surface area contributed by atoms with Gasteiger partial charge >= 0.3 is 12.2 Å². The summed E-state index contributed by atoms with van der Waals surface area (Å²) in [6.07, 6.45) is 4.60. The summed E-state index contributed by atoms with van der Waals surface area (Å²) in [7, 11) is 1.31. The van der Waals surface area contributed by atoms with E-state index in [0.29, 0.717) is 12.2 Å². The lowest BCUT2D eigenvalue weighted by molar-refractivity contribution is -0.126. The van der Waals surface area contributed by atoms with E-state index in [2.05, 4.69) is 20.7 Å². The number of alkyl carbamates (subject to hydrolysis) is 1. The van der Waals surface area contributed by atoms with Crippen molar-refractivity contribution < 1.29 is 23.9 Å². The average Bonchev–Trinajstić information content (AvgIpc) is 2.68. The molecule has 1 saturated carbocycles. The van der Waals surface area contributed by atoms with Crippen molar-refractivity contribution >= 4 is 23.8 Å². The lowest BCUT2D eigenvalue weighted by atomic mass is 9.86. The monoisotopic (exact) mass is 433 g/mol. The van der Waals surface area contributed by atoms with Crippen LogP contribution < -0.4 is 16.0 Å². The number of anilines is 1. The second-order valence-corrected chi connectivity index (χ2v) is 8.88. The number of methoxy groups -OCH3 is 1. The molecule has 1 aliphatic carbocycles. The lowest BCUT2D eigenvalue weighted by Gasteiger charge is -2.30. The molecule has 0 unspecified atom stereocenters. The highest BCUT2D eigenvalue weighted by atomic mass is 16.6. The van der Waals surface area contributed by atoms with Crippen molar-refractivity contribution in [1.82, 2.24) is 10.6 Å². The number of hydrogen-bond acceptors (Lipinski definition) is 5. The lowest BCUT2D eigenvalue weighted by Crippen LogP contribution is -2.48. The van der Waals surface area contributed by atoms with Crippen LogP contribution in [0.15, 0.2) is 24.3 Å². The highest BCUT2D eigenvalue weighted by Gasteiger charge is 2.31. The van der Waals surface area contributed by atoms with E-state index in [4.69, 9.17) is 4.74 Å². The van der Waals surface area contributed by atoms with Crippen molar-refractivity contribution in [3.05, 3.63) is 29.8 Å². The molecule has 1 aromatic carbocycles. The summed E-state index contributed by atoms with van der Waals surface area (Å²) in [5.41, 5.74) is 0.938. The Balaban J connectivity index is 1.96. The molecule has 3 amide bonds. The topological polar surface area (TPSA) is 106 Å². The van der Waals surface area contributed by atoms with E-state index >= 15 is 0 Å². The maximum atomic E-state index is 13.0. The molecule has 1 aromatic rings. The molecular weight excluding hydrogens is 398 g/mol. The minimum Gasteiger partial charge on any atom is -0.453 e. The number of nitrogens with one attached hydrogen (secondary N) is 3. The quantitative estimate of drug-likeness (QED) is 0.640. The van der Waals surface area contributed by atoms with Gasteiger partial charge in [-0.15, -0.1) is 0 Å². The maximum Gasteiger partial charge on any atom is 0.411 e. The number of rotatable bonds is 5. The first kappa shape index (κ1) is 24.5. The molecule has 8 heteroatoms. The number of ether oxygens (including phenoxy) is 2. The van der Waals surface area contributed by atoms with Gasteiger partial charge in [0.2, 0.25) is 5.91 Å². The molecule has 2 atom stereocenters. The van der Waals surface area contributed by atoms with Gasteiger partial charge in [-0.2, -0.15) is 0 Å². The molecule has 0 saturated heterocycles. The van der Waals surface area contributed by atoms with Crippen LogP contribution in [-0.2, 0) is 20.8 Å². The summed E-state index contributed by atoms with van der Waals surface area (Å²) in [4.78, 5) is 36.6. The van der Waals surface area contributed by atoms with Crippen LogP contribution in [0.1, 0.15) is 64.9 Å². The SMILES string of the molecule is COC(=O)Nc1ccc(CNC(=O)[C@H]2CCCCCC[C@H]2NC(=O)OC(C)(C)C)cc1. The van der Waals surface area contributed by atoms with Gasteiger partial charge in [-0.3, -0.25) is 10.1 Å². The van der Waals surface area contributed by atoms with Crippen LogP contribution >= 0.6 is 0 Å². The average molecular weight is 434 g/mol. The number of carbonyl (C=O) groups excluding carboxylic acids is 3. The fourth-order valence-corrected chi connectivity index (χ4v) is 3.63. The first-order valence-electron chi connectivity index (χ1n) is 10.9. The first-order chi connectivity index (χ1) is 14.7. The third-order valence-electron chi connectivity index (χ3n) is 5.16. The van der Waals surface area contributed by atoms with Crippen LogP contribution in [0.4, 0.5) is 15.3 Å². The van der Waals surface area contributed by atoms with Gasteiger partial charge in [-0.05, 0) is 51.3 Å². The van der Waals surface area contributed by atoms with Gasteiger partial charge in [-0.25, -0.2) is 9.59 Å². The van der Waals surface area contributed by atoms with Gasteiger partial charge in [0.25, 0.3) is 0 Å². The Morgan fingerprint density at radius 3 is 2.23 bits per heavy atom. The zero-order chi connectivity index (χ0) is 22.9. The minimum atomic E-state index is -0.585. The van der Waals surface area contributed by atoms with Crippen molar-refractivity contribution in [2.75, 3.05) is 12.4 Å². The maximum absolute atomic E-state index is 13.0. The summed E-state index contributed by atoms with van der Waals surface area (Å²) < 4.78 is 9.96. The van der Waals surface area contributed by atoms with Gasteiger partial charge in [0.1, 0.15) is 5.60 Å². The van der Waals surface area contributed by atoms with E-state index in [-0.39, 0.29) is 17.9 Å². The van der Waals surface area contributed by atoms with Crippen LogP contribution in [0.25, 0.3) is 0 Å². The van der Waals surface area contributed by atoms with E-state index < -0.39 is 17.8 Å². The number of amides is 3. The Hall–Kier alpha value is -2.77. The second-order valence-electron chi connectivity index (χ2n) is 8.88. The molecule has 2 rings (SSSR count). The smallest absolute Gasteiger partial charge is 0.411 e. The molecule has 1 fully saturated rings. The van der Waals surface area contributed by atoms with Crippen molar-refractivity contribution in [1.29, 1.82) is 0 Å². The second kappa shape index (κ2) is 11.6. The molecule has 0 spiro atoms. The summed E-state index contributed by atoms with van der Waals surface area (Å²) in [5, 5.41) is 8.51. The van der Waals surface area contributed by atoms with Gasteiger partial charge in [0, 0.05) is 18.3 Å². The molecule has 0 radical (unpaired) electrons. The third-order valence-corrected chi connectivity index (χ3v) is 5.16. The van der Waals surface area contributed by atoms with Crippen LogP contribution in [-0.4, -0.2) is 36.8 Å². The highest BCUT2D eigenvalue weighted by molar-refractivity contribution is 5.84. The Labute approximate surface area is 184 Å². The van der Waals surface area contributed by atoms with E-state index in [1.807, 2.05) is 32.9 Å². The van der Waals surface area contributed by atoms with Gasteiger partial charge in [-0.1, -0.05) is 37.8 Å². The zero-order valence-corrected chi connectivity index (χ0v) is 19.0. The normalized spacial score (nSPS) is 19.4. The molecule has 31 heavy (non-hydrogen) atoms. The summed E-state index contributed by atoms with van der Waals surface area (Å²) >= 11 is 0. The molecule has 0 heterocycles. The van der Waals surface area contributed by atoms with E-state index in [1.54, 1.807) is 12.1 Å². The predicted molar refractivity (Wildman–Crippen MR) is 119 cm³/mol. The van der Waals surface area contributed by atoms with Crippen LogP contribution in [0.5, 0.6) is 0 Å². The van der Waals surface area contributed by atoms with Crippen molar-refractivity contribution in [2.45, 2.75) is 77.5 Å². The van der Waals surface area contributed by atoms with E-state index in [9.17, 15) is 14.4 Å². The standard InChI is InChI=1S/C23H35N3O5/c1-23(2,3)31-22(29)26-19-10-8-6-5-7-9-18(19)20(27)24-15-16-11-13-17(14-12-16)25-21(28)30-4/h11-14,18-19H,5-10,15H2,1-4H3,(H,24,27)(H,25,28)(H,26,29)/t18-,19+/m0/s1. The van der Waals surface area contributed by atoms with Crippen molar-refractivity contribution in [3.63, 3.8) is 0 Å². The van der Waals surface area contributed by atoms with Crippen molar-refractivity contribution in [3.8, 4) is 0 Å². The van der Waals surface area contributed by atoms with Crippen molar-refractivity contribution in [2.24, 2.45) is 5.92 Å². The molecule has 1 aliphatic rings. The number of carbonyl (C=O) groups is 3. The fourth-order valence-electron chi connectivity index (χ4n) is 3.63. The Morgan fingerprint density at radius 2 is 1.61 bits per heavy atom. The van der Waals surface area contributed by atoms with Gasteiger partial charge in [0.05, 0.1) is 13.0 Å². The van der Waals surface area contributed by atoms with Crippen LogP contribution in [0.3, 0.4) is 0 Å². The van der Waals surface area contributed by atoms with E-state index in [1.165, 1.54) is 7.11 Å². The molecule has 3 N–H and O–H groups in total. The zero-order valence-electron chi connectivity index (χ0n) is 19.0. The minimum absolute atomic E-state index is 0.0697. The van der Waals surface area contributed by atoms with Gasteiger partial charge in [0.15, 0.2) is 0 Å². The Morgan fingerprint density at radius 1 is 0.968 bits per heavy atom. The largest absolute Gasteiger partial charge is 0.453 e. The van der Waals surface area contributed by atoms with Crippen LogP contribution in [0, 0.1) is 5.92 Å². The Kier molecular flexibility index (Phi) is 9.15. The van der Waals surface area contributed by atoms with Crippen LogP contribution in [0.2, 0.25) is 0 Å². The predicted octanol–water partition coefficient (Wildman–Crippen LogP) is 4.34. The Bertz CT molecular complexity index is 743. The molecule has 0 aromatic heterocycles. The van der Waals surface area contributed by atoms with Gasteiger partial charge < -0.3 is 20.1 Å². The highest BCUT2D eigenvalue weighted by Crippen LogP contribution is 2.24. The molecular formula is C23H35N3O5. The summed E-state index contributed by atoms with van der Waals surface area (Å²) in [5.74, 6) is -0.368. The molecule has 172 valence electrons. The molecule has 8 nitrogen and oxygen atoms in total. The molecule has 0 bridgehead atoms. The number of benzene rings is 1. The van der Waals surface area contributed by atoms with E-state index in [0.717, 1.165) is 44.1 Å². The number of hydrogen-bond donors (Lipinski definition) is 3. The summed E-state index contributed by atoms with van der Waals surface area (Å²) in [6, 6.07) is 6.92. The summed E-state index contributed by atoms with van der Waals surface area (Å²) in [6.45, 7) is 5.83. The fraction of sp³-hybridized carbons (Fsp3) is 0.609.